The highest BCUT2D eigenvalue weighted by atomic mass is 19.1. The minimum Gasteiger partial charge on any atom is -0.241 e. The SMILES string of the molecule is CCCCCCCc1cnc(C2CCC(CCCCC)CC2)nc1F. The molecule has 1 aromatic rings. The molecule has 142 valence electrons. The van der Waals surface area contributed by atoms with E-state index in [-0.39, 0.29) is 5.95 Å². The average molecular weight is 349 g/mol. The van der Waals surface area contributed by atoms with Crippen LogP contribution in [-0.4, -0.2) is 9.97 Å². The molecule has 25 heavy (non-hydrogen) atoms. The van der Waals surface area contributed by atoms with Gasteiger partial charge in [-0.3, -0.25) is 0 Å². The summed E-state index contributed by atoms with van der Waals surface area (Å²) in [6, 6.07) is 0. The number of unbranched alkanes of at least 4 members (excludes halogenated alkanes) is 6. The fourth-order valence-corrected chi connectivity index (χ4v) is 4.07. The highest BCUT2D eigenvalue weighted by Gasteiger charge is 2.24. The molecule has 1 aliphatic rings. The Hall–Kier alpha value is -0.990. The van der Waals surface area contributed by atoms with E-state index in [4.69, 9.17) is 0 Å². The van der Waals surface area contributed by atoms with Crippen molar-refractivity contribution in [3.05, 3.63) is 23.5 Å². The van der Waals surface area contributed by atoms with E-state index in [2.05, 4.69) is 23.8 Å². The van der Waals surface area contributed by atoms with Crippen LogP contribution in [0.5, 0.6) is 0 Å². The third-order valence-corrected chi connectivity index (χ3v) is 5.81. The predicted molar refractivity (Wildman–Crippen MR) is 103 cm³/mol. The molecular formula is C22H37FN2. The molecule has 0 aliphatic heterocycles. The van der Waals surface area contributed by atoms with E-state index < -0.39 is 0 Å². The molecule has 0 amide bonds. The monoisotopic (exact) mass is 348 g/mol. The topological polar surface area (TPSA) is 25.8 Å². The number of rotatable bonds is 11. The molecule has 3 heteroatoms. The molecule has 2 rings (SSSR count). The van der Waals surface area contributed by atoms with Crippen LogP contribution in [0.4, 0.5) is 4.39 Å². The standard InChI is InChI=1S/C22H37FN2/c1-3-5-7-8-10-12-20-17-24-22(25-21(20)23)19-15-13-18(14-16-19)11-9-6-4-2/h17-19H,3-16H2,1-2H3. The molecule has 1 saturated carbocycles. The minimum absolute atomic E-state index is 0.273. The summed E-state index contributed by atoms with van der Waals surface area (Å²) >= 11 is 0. The van der Waals surface area contributed by atoms with Crippen LogP contribution in [-0.2, 0) is 6.42 Å². The van der Waals surface area contributed by atoms with Crippen LogP contribution in [0.25, 0.3) is 0 Å². The number of nitrogens with zero attached hydrogens (tertiary/aromatic N) is 2. The second-order valence-electron chi connectivity index (χ2n) is 7.92. The van der Waals surface area contributed by atoms with Crippen molar-refractivity contribution < 1.29 is 4.39 Å². The zero-order valence-corrected chi connectivity index (χ0v) is 16.4. The zero-order chi connectivity index (χ0) is 17.9. The number of hydrogen-bond acceptors (Lipinski definition) is 2. The van der Waals surface area contributed by atoms with Crippen molar-refractivity contribution in [2.75, 3.05) is 0 Å². The van der Waals surface area contributed by atoms with Crippen molar-refractivity contribution >= 4 is 0 Å². The van der Waals surface area contributed by atoms with Gasteiger partial charge < -0.3 is 0 Å². The van der Waals surface area contributed by atoms with Gasteiger partial charge in [-0.15, -0.1) is 0 Å². The van der Waals surface area contributed by atoms with Crippen molar-refractivity contribution in [2.24, 2.45) is 5.92 Å². The Morgan fingerprint density at radius 3 is 2.28 bits per heavy atom. The van der Waals surface area contributed by atoms with Crippen LogP contribution < -0.4 is 0 Å². The fraction of sp³-hybridized carbons (Fsp3) is 0.818. The van der Waals surface area contributed by atoms with Crippen molar-refractivity contribution in [3.8, 4) is 0 Å². The fourth-order valence-electron chi connectivity index (χ4n) is 4.07. The number of hydrogen-bond donors (Lipinski definition) is 0. The first kappa shape index (κ1) is 20.3. The van der Waals surface area contributed by atoms with E-state index in [0.717, 1.165) is 37.4 Å². The number of aromatic nitrogens is 2. The first-order valence-electron chi connectivity index (χ1n) is 10.8. The van der Waals surface area contributed by atoms with Crippen LogP contribution in [0.3, 0.4) is 0 Å². The summed E-state index contributed by atoms with van der Waals surface area (Å²) in [6.45, 7) is 4.47. The highest BCUT2D eigenvalue weighted by molar-refractivity contribution is 5.10. The number of halogens is 1. The Balaban J connectivity index is 1.76. The van der Waals surface area contributed by atoms with Crippen LogP contribution in [0.15, 0.2) is 6.20 Å². The third-order valence-electron chi connectivity index (χ3n) is 5.81. The first-order chi connectivity index (χ1) is 12.2. The summed E-state index contributed by atoms with van der Waals surface area (Å²) in [4.78, 5) is 8.76. The van der Waals surface area contributed by atoms with Gasteiger partial charge in [-0.25, -0.2) is 9.97 Å². The molecule has 0 aromatic carbocycles. The molecule has 1 heterocycles. The molecule has 0 bridgehead atoms. The molecule has 0 unspecified atom stereocenters. The van der Waals surface area contributed by atoms with Gasteiger partial charge in [0.15, 0.2) is 0 Å². The van der Waals surface area contributed by atoms with E-state index in [9.17, 15) is 4.39 Å². The third kappa shape index (κ3) is 7.03. The smallest absolute Gasteiger partial charge is 0.219 e. The second kappa shape index (κ2) is 11.6. The lowest BCUT2D eigenvalue weighted by Gasteiger charge is -2.27. The van der Waals surface area contributed by atoms with Crippen LogP contribution >= 0.6 is 0 Å². The lowest BCUT2D eigenvalue weighted by molar-refractivity contribution is 0.295. The maximum Gasteiger partial charge on any atom is 0.219 e. The summed E-state index contributed by atoms with van der Waals surface area (Å²) in [6.07, 6.45) is 18.7. The molecule has 0 spiro atoms. The van der Waals surface area contributed by atoms with E-state index in [1.807, 2.05) is 0 Å². The van der Waals surface area contributed by atoms with Gasteiger partial charge in [0.1, 0.15) is 5.82 Å². The van der Waals surface area contributed by atoms with Crippen molar-refractivity contribution in [2.45, 2.75) is 110 Å². The van der Waals surface area contributed by atoms with Gasteiger partial charge in [0.2, 0.25) is 5.95 Å². The first-order valence-corrected chi connectivity index (χ1v) is 10.8. The Bertz CT molecular complexity index is 481. The molecule has 0 atom stereocenters. The van der Waals surface area contributed by atoms with E-state index in [1.54, 1.807) is 6.20 Å². The largest absolute Gasteiger partial charge is 0.241 e. The lowest BCUT2D eigenvalue weighted by atomic mass is 9.79. The Kier molecular flexibility index (Phi) is 9.42. The van der Waals surface area contributed by atoms with Gasteiger partial charge in [-0.05, 0) is 44.4 Å². The van der Waals surface area contributed by atoms with Crippen molar-refractivity contribution in [1.29, 1.82) is 0 Å². The molecule has 0 N–H and O–H groups in total. The van der Waals surface area contributed by atoms with E-state index in [0.29, 0.717) is 11.5 Å². The molecule has 0 saturated heterocycles. The van der Waals surface area contributed by atoms with Gasteiger partial charge in [-0.2, -0.15) is 4.39 Å². The van der Waals surface area contributed by atoms with Gasteiger partial charge in [0.25, 0.3) is 0 Å². The maximum atomic E-state index is 14.3. The molecule has 1 aliphatic carbocycles. The summed E-state index contributed by atoms with van der Waals surface area (Å²) in [7, 11) is 0. The van der Waals surface area contributed by atoms with E-state index in [1.165, 1.54) is 64.2 Å². The van der Waals surface area contributed by atoms with Crippen LogP contribution in [0.1, 0.15) is 115 Å². The second-order valence-corrected chi connectivity index (χ2v) is 7.92. The summed E-state index contributed by atoms with van der Waals surface area (Å²) in [5.41, 5.74) is 0.702. The Labute approximate surface area is 154 Å². The minimum atomic E-state index is -0.273. The van der Waals surface area contributed by atoms with Crippen molar-refractivity contribution in [3.63, 3.8) is 0 Å². The molecule has 1 aromatic heterocycles. The van der Waals surface area contributed by atoms with Gasteiger partial charge in [0.05, 0.1) is 0 Å². The van der Waals surface area contributed by atoms with Gasteiger partial charge in [0, 0.05) is 17.7 Å². The van der Waals surface area contributed by atoms with Gasteiger partial charge >= 0.3 is 0 Å². The molecule has 2 nitrogen and oxygen atoms in total. The summed E-state index contributed by atoms with van der Waals surface area (Å²) < 4.78 is 14.3. The molecular weight excluding hydrogens is 311 g/mol. The average Bonchev–Trinajstić information content (AvgIpc) is 2.63. The Morgan fingerprint density at radius 1 is 0.920 bits per heavy atom. The van der Waals surface area contributed by atoms with Crippen LogP contribution in [0, 0.1) is 11.9 Å². The number of aryl methyl sites for hydroxylation is 1. The quantitative estimate of drug-likeness (QED) is 0.318. The van der Waals surface area contributed by atoms with Crippen molar-refractivity contribution in [1.82, 2.24) is 9.97 Å². The summed E-state index contributed by atoms with van der Waals surface area (Å²) in [5.74, 6) is 1.72. The predicted octanol–water partition coefficient (Wildman–Crippen LogP) is 6.98. The van der Waals surface area contributed by atoms with E-state index >= 15 is 0 Å². The summed E-state index contributed by atoms with van der Waals surface area (Å²) in [5, 5.41) is 0. The maximum absolute atomic E-state index is 14.3. The Morgan fingerprint density at radius 2 is 1.60 bits per heavy atom. The molecule has 0 radical (unpaired) electrons. The lowest BCUT2D eigenvalue weighted by Crippen LogP contribution is -2.16. The normalized spacial score (nSPS) is 20.8. The highest BCUT2D eigenvalue weighted by Crippen LogP contribution is 2.36. The zero-order valence-electron chi connectivity index (χ0n) is 16.4. The van der Waals surface area contributed by atoms with Crippen LogP contribution in [0.2, 0.25) is 0 Å². The van der Waals surface area contributed by atoms with Gasteiger partial charge in [-0.1, -0.05) is 65.2 Å². The molecule has 1 fully saturated rings.